The lowest BCUT2D eigenvalue weighted by Gasteiger charge is -2.09. The van der Waals surface area contributed by atoms with Gasteiger partial charge in [-0.15, -0.1) is 0 Å². The normalized spacial score (nSPS) is 10.2. The Bertz CT molecular complexity index is 1090. The summed E-state index contributed by atoms with van der Waals surface area (Å²) < 4.78 is 5.67. The molecule has 0 fully saturated rings. The first kappa shape index (κ1) is 20.8. The Morgan fingerprint density at radius 1 is 1.00 bits per heavy atom. The summed E-state index contributed by atoms with van der Waals surface area (Å²) in [5, 5.41) is 16.3. The first-order valence-corrected chi connectivity index (χ1v) is 9.15. The number of anilines is 1. The van der Waals surface area contributed by atoms with Gasteiger partial charge in [0, 0.05) is 23.4 Å². The quantitative estimate of drug-likeness (QED) is 0.430. The Morgan fingerprint density at radius 3 is 2.43 bits per heavy atom. The second-order valence-electron chi connectivity index (χ2n) is 6.10. The van der Waals surface area contributed by atoms with Gasteiger partial charge in [0.25, 0.3) is 11.6 Å². The number of hydrogen-bond donors (Lipinski definition) is 2. The highest BCUT2D eigenvalue weighted by molar-refractivity contribution is 6.32. The molecular weight excluding hydrogens is 410 g/mol. The Labute approximate surface area is 176 Å². The van der Waals surface area contributed by atoms with Gasteiger partial charge < -0.3 is 15.4 Å². The van der Waals surface area contributed by atoms with Crippen molar-refractivity contribution in [2.45, 2.75) is 0 Å². The van der Waals surface area contributed by atoms with Gasteiger partial charge >= 0.3 is 0 Å². The van der Waals surface area contributed by atoms with E-state index in [-0.39, 0.29) is 17.8 Å². The molecule has 0 aliphatic heterocycles. The van der Waals surface area contributed by atoms with Gasteiger partial charge in [-0.1, -0.05) is 29.8 Å². The Kier molecular flexibility index (Phi) is 6.61. The van der Waals surface area contributed by atoms with Gasteiger partial charge in [-0.2, -0.15) is 0 Å². The summed E-state index contributed by atoms with van der Waals surface area (Å²) in [5.41, 5.74) is 0.403. The molecule has 152 valence electrons. The summed E-state index contributed by atoms with van der Waals surface area (Å²) in [6.45, 7) is -0.292. The largest absolute Gasteiger partial charge is 0.456 e. The number of carbonyl (C=O) groups is 2. The van der Waals surface area contributed by atoms with Gasteiger partial charge in [-0.05, 0) is 42.5 Å². The molecule has 0 spiro atoms. The Balaban J connectivity index is 1.52. The second-order valence-corrected chi connectivity index (χ2v) is 6.50. The summed E-state index contributed by atoms with van der Waals surface area (Å²) in [6, 6.07) is 18.9. The SMILES string of the molecule is O=C(CNC(=O)c1cccc([N+](=O)[O-])c1)Nc1ccc(Oc2ccccc2Cl)cc1. The number of nitro groups is 1. The molecule has 30 heavy (non-hydrogen) atoms. The van der Waals surface area contributed by atoms with E-state index in [1.165, 1.54) is 18.2 Å². The van der Waals surface area contributed by atoms with Gasteiger partial charge in [-0.25, -0.2) is 0 Å². The number of amides is 2. The summed E-state index contributed by atoms with van der Waals surface area (Å²) in [7, 11) is 0. The molecule has 2 N–H and O–H groups in total. The van der Waals surface area contributed by atoms with Crippen molar-refractivity contribution in [2.24, 2.45) is 0 Å². The van der Waals surface area contributed by atoms with Gasteiger partial charge in [0.15, 0.2) is 0 Å². The van der Waals surface area contributed by atoms with Crippen LogP contribution in [0.4, 0.5) is 11.4 Å². The van der Waals surface area contributed by atoms with Crippen LogP contribution in [0.5, 0.6) is 11.5 Å². The number of rotatable bonds is 7. The molecule has 8 nitrogen and oxygen atoms in total. The van der Waals surface area contributed by atoms with E-state index in [2.05, 4.69) is 10.6 Å². The van der Waals surface area contributed by atoms with Crippen molar-refractivity contribution in [2.75, 3.05) is 11.9 Å². The average molecular weight is 426 g/mol. The lowest BCUT2D eigenvalue weighted by Crippen LogP contribution is -2.32. The zero-order valence-electron chi connectivity index (χ0n) is 15.5. The predicted molar refractivity (Wildman–Crippen MR) is 112 cm³/mol. The van der Waals surface area contributed by atoms with Crippen LogP contribution >= 0.6 is 11.6 Å². The number of non-ortho nitro benzene ring substituents is 1. The number of hydrogen-bond acceptors (Lipinski definition) is 5. The van der Waals surface area contributed by atoms with E-state index in [0.29, 0.717) is 22.2 Å². The lowest BCUT2D eigenvalue weighted by atomic mass is 10.2. The van der Waals surface area contributed by atoms with Gasteiger partial charge in [-0.3, -0.25) is 19.7 Å². The third-order valence-electron chi connectivity index (χ3n) is 3.93. The molecular formula is C21H16ClN3O5. The maximum absolute atomic E-state index is 12.1. The molecule has 0 unspecified atom stereocenters. The number of benzene rings is 3. The van der Waals surface area contributed by atoms with E-state index >= 15 is 0 Å². The highest BCUT2D eigenvalue weighted by Gasteiger charge is 2.12. The molecule has 0 radical (unpaired) electrons. The van der Waals surface area contributed by atoms with E-state index in [9.17, 15) is 19.7 Å². The molecule has 0 bridgehead atoms. The lowest BCUT2D eigenvalue weighted by molar-refractivity contribution is -0.384. The topological polar surface area (TPSA) is 111 Å². The van der Waals surface area contributed by atoms with E-state index in [1.807, 2.05) is 0 Å². The standard InChI is InChI=1S/C21H16ClN3O5/c22-18-6-1-2-7-19(18)30-17-10-8-15(9-11-17)24-20(26)13-23-21(27)14-4-3-5-16(12-14)25(28)29/h1-12H,13H2,(H,23,27)(H,24,26). The first-order chi connectivity index (χ1) is 14.4. The zero-order chi connectivity index (χ0) is 21.5. The summed E-state index contributed by atoms with van der Waals surface area (Å²) >= 11 is 6.05. The minimum Gasteiger partial charge on any atom is -0.456 e. The van der Waals surface area contributed by atoms with Crippen LogP contribution in [-0.4, -0.2) is 23.3 Å². The molecule has 2 amide bonds. The minimum absolute atomic E-state index is 0.0954. The van der Waals surface area contributed by atoms with Crippen molar-refractivity contribution in [1.82, 2.24) is 5.32 Å². The molecule has 3 rings (SSSR count). The van der Waals surface area contributed by atoms with Crippen LogP contribution in [-0.2, 0) is 4.79 Å². The van der Waals surface area contributed by atoms with E-state index in [4.69, 9.17) is 16.3 Å². The fourth-order valence-electron chi connectivity index (χ4n) is 2.49. The maximum atomic E-state index is 12.1. The number of ether oxygens (including phenoxy) is 1. The number of nitro benzene ring substituents is 1. The van der Waals surface area contributed by atoms with Crippen LogP contribution in [0.2, 0.25) is 5.02 Å². The van der Waals surface area contributed by atoms with Crippen LogP contribution < -0.4 is 15.4 Å². The molecule has 0 saturated heterocycles. The molecule has 0 aliphatic rings. The molecule has 9 heteroatoms. The highest BCUT2D eigenvalue weighted by atomic mass is 35.5. The number of para-hydroxylation sites is 1. The minimum atomic E-state index is -0.595. The van der Waals surface area contributed by atoms with E-state index in [1.54, 1.807) is 48.5 Å². The third-order valence-corrected chi connectivity index (χ3v) is 4.24. The van der Waals surface area contributed by atoms with Crippen LogP contribution in [0.25, 0.3) is 0 Å². The highest BCUT2D eigenvalue weighted by Crippen LogP contribution is 2.29. The monoisotopic (exact) mass is 425 g/mol. The fourth-order valence-corrected chi connectivity index (χ4v) is 2.66. The summed E-state index contributed by atoms with van der Waals surface area (Å²) in [4.78, 5) is 34.3. The van der Waals surface area contributed by atoms with Gasteiger partial charge in [0.1, 0.15) is 11.5 Å². The van der Waals surface area contributed by atoms with Crippen LogP contribution in [0, 0.1) is 10.1 Å². The van der Waals surface area contributed by atoms with Crippen molar-refractivity contribution in [3.63, 3.8) is 0 Å². The molecule has 0 aliphatic carbocycles. The summed E-state index contributed by atoms with van der Waals surface area (Å²) in [5.74, 6) is 0.0192. The maximum Gasteiger partial charge on any atom is 0.270 e. The molecule has 0 atom stereocenters. The van der Waals surface area contributed by atoms with Crippen molar-refractivity contribution in [3.05, 3.63) is 93.5 Å². The number of nitrogens with zero attached hydrogens (tertiary/aromatic N) is 1. The molecule has 3 aromatic carbocycles. The number of halogens is 1. The number of carbonyl (C=O) groups excluding carboxylic acids is 2. The molecule has 0 saturated carbocycles. The smallest absolute Gasteiger partial charge is 0.270 e. The average Bonchev–Trinajstić information content (AvgIpc) is 2.75. The fraction of sp³-hybridized carbons (Fsp3) is 0.0476. The van der Waals surface area contributed by atoms with Gasteiger partial charge in [0.05, 0.1) is 16.5 Å². The van der Waals surface area contributed by atoms with Gasteiger partial charge in [0.2, 0.25) is 5.91 Å². The Hall–Kier alpha value is -3.91. The van der Waals surface area contributed by atoms with Crippen LogP contribution in [0.1, 0.15) is 10.4 Å². The Morgan fingerprint density at radius 2 is 1.73 bits per heavy atom. The van der Waals surface area contributed by atoms with Crippen molar-refractivity contribution in [1.29, 1.82) is 0 Å². The van der Waals surface area contributed by atoms with Crippen LogP contribution in [0.15, 0.2) is 72.8 Å². The zero-order valence-corrected chi connectivity index (χ0v) is 16.3. The van der Waals surface area contributed by atoms with Crippen LogP contribution in [0.3, 0.4) is 0 Å². The van der Waals surface area contributed by atoms with Crippen molar-refractivity contribution < 1.29 is 19.2 Å². The molecule has 0 heterocycles. The second kappa shape index (κ2) is 9.53. The van der Waals surface area contributed by atoms with E-state index in [0.717, 1.165) is 6.07 Å². The van der Waals surface area contributed by atoms with E-state index < -0.39 is 16.7 Å². The van der Waals surface area contributed by atoms with Crippen molar-refractivity contribution >= 4 is 34.8 Å². The summed E-state index contributed by atoms with van der Waals surface area (Å²) in [6.07, 6.45) is 0. The third kappa shape index (κ3) is 5.55. The molecule has 3 aromatic rings. The number of nitrogens with one attached hydrogen (secondary N) is 2. The predicted octanol–water partition coefficient (Wildman–Crippen LogP) is 4.41. The molecule has 0 aromatic heterocycles. The first-order valence-electron chi connectivity index (χ1n) is 8.77. The van der Waals surface area contributed by atoms with Crippen molar-refractivity contribution in [3.8, 4) is 11.5 Å².